The Morgan fingerprint density at radius 2 is 1.96 bits per heavy atom. The van der Waals surface area contributed by atoms with Gasteiger partial charge in [0, 0.05) is 13.1 Å². The summed E-state index contributed by atoms with van der Waals surface area (Å²) in [5.41, 5.74) is -1.30. The van der Waals surface area contributed by atoms with Gasteiger partial charge in [-0.15, -0.1) is 0 Å². The molecular formula is C16H17F2N3O4. The van der Waals surface area contributed by atoms with Gasteiger partial charge in [0.05, 0.1) is 6.54 Å². The average molecular weight is 353 g/mol. The summed E-state index contributed by atoms with van der Waals surface area (Å²) in [5.74, 6) is -2.67. The van der Waals surface area contributed by atoms with Crippen molar-refractivity contribution < 1.29 is 27.9 Å². The molecule has 25 heavy (non-hydrogen) atoms. The summed E-state index contributed by atoms with van der Waals surface area (Å²) in [5, 5.41) is 2.52. The number of carbonyl (C=O) groups is 3. The molecule has 134 valence electrons. The quantitative estimate of drug-likeness (QED) is 0.815. The van der Waals surface area contributed by atoms with Crippen LogP contribution in [0.3, 0.4) is 0 Å². The molecule has 3 rings (SSSR count). The van der Waals surface area contributed by atoms with Gasteiger partial charge in [-0.05, 0) is 31.0 Å². The number of nitrogens with one attached hydrogen (secondary N) is 1. The van der Waals surface area contributed by atoms with Gasteiger partial charge in [-0.25, -0.2) is 18.4 Å². The minimum Gasteiger partial charge on any atom is -0.448 e. The van der Waals surface area contributed by atoms with Crippen LogP contribution < -0.4 is 5.32 Å². The Kier molecular flexibility index (Phi) is 4.32. The average Bonchev–Trinajstić information content (AvgIpc) is 3.06. The monoisotopic (exact) mass is 353 g/mol. The van der Waals surface area contributed by atoms with Crippen LogP contribution in [-0.2, 0) is 15.1 Å². The van der Waals surface area contributed by atoms with Crippen LogP contribution in [0.1, 0.15) is 18.9 Å². The third kappa shape index (κ3) is 3.01. The van der Waals surface area contributed by atoms with Crippen molar-refractivity contribution in [2.75, 3.05) is 26.2 Å². The number of carbonyl (C=O) groups excluding carboxylic acids is 3. The van der Waals surface area contributed by atoms with Gasteiger partial charge in [-0.2, -0.15) is 0 Å². The highest BCUT2D eigenvalue weighted by molar-refractivity contribution is 6.07. The van der Waals surface area contributed by atoms with Gasteiger partial charge in [0.2, 0.25) is 0 Å². The zero-order valence-corrected chi connectivity index (χ0v) is 13.6. The number of cyclic esters (lactones) is 1. The summed E-state index contributed by atoms with van der Waals surface area (Å²) in [6.07, 6.45) is -0.0221. The summed E-state index contributed by atoms with van der Waals surface area (Å²) in [7, 11) is 0. The summed E-state index contributed by atoms with van der Waals surface area (Å²) in [6, 6.07) is 2.47. The van der Waals surface area contributed by atoms with Crippen molar-refractivity contribution in [3.05, 3.63) is 35.4 Å². The predicted octanol–water partition coefficient (Wildman–Crippen LogP) is 1.57. The Morgan fingerprint density at radius 3 is 2.60 bits per heavy atom. The molecule has 4 amide bonds. The third-order valence-corrected chi connectivity index (χ3v) is 4.43. The van der Waals surface area contributed by atoms with Crippen molar-refractivity contribution >= 4 is 18.0 Å². The van der Waals surface area contributed by atoms with Crippen molar-refractivity contribution in [2.24, 2.45) is 0 Å². The third-order valence-electron chi connectivity index (χ3n) is 4.43. The molecule has 1 aromatic rings. The maximum Gasteiger partial charge on any atom is 0.409 e. The Balaban J connectivity index is 1.68. The molecule has 1 N–H and O–H groups in total. The zero-order chi connectivity index (χ0) is 18.2. The molecule has 2 aliphatic heterocycles. The molecule has 1 aromatic carbocycles. The summed E-state index contributed by atoms with van der Waals surface area (Å²) in [4.78, 5) is 38.6. The molecule has 0 spiro atoms. The summed E-state index contributed by atoms with van der Waals surface area (Å²) in [6.45, 7) is 2.71. The summed E-state index contributed by atoms with van der Waals surface area (Å²) >= 11 is 0. The molecule has 0 saturated carbocycles. The van der Waals surface area contributed by atoms with Crippen LogP contribution in [0, 0.1) is 11.6 Å². The second kappa shape index (κ2) is 6.30. The van der Waals surface area contributed by atoms with E-state index in [2.05, 4.69) is 5.32 Å². The smallest absolute Gasteiger partial charge is 0.409 e. The molecule has 9 heteroatoms. The van der Waals surface area contributed by atoms with E-state index in [1.165, 1.54) is 17.9 Å². The lowest BCUT2D eigenvalue weighted by molar-refractivity contribution is -0.131. The van der Waals surface area contributed by atoms with Crippen LogP contribution in [0.15, 0.2) is 18.2 Å². The molecule has 1 atom stereocenters. The van der Waals surface area contributed by atoms with E-state index in [1.54, 1.807) is 0 Å². The minimum atomic E-state index is -1.46. The molecule has 2 fully saturated rings. The molecule has 0 bridgehead atoms. The van der Waals surface area contributed by atoms with E-state index in [9.17, 15) is 23.2 Å². The molecule has 7 nitrogen and oxygen atoms in total. The first-order chi connectivity index (χ1) is 11.8. The number of amides is 4. The number of ether oxygens (including phenoxy) is 1. The number of hydrogen-bond donors (Lipinski definition) is 1. The highest BCUT2D eigenvalue weighted by Gasteiger charge is 2.49. The number of halogens is 2. The normalized spacial score (nSPS) is 23.2. The topological polar surface area (TPSA) is 79.0 Å². The second-order valence-electron chi connectivity index (χ2n) is 6.10. The van der Waals surface area contributed by atoms with E-state index in [1.807, 2.05) is 0 Å². The lowest BCUT2D eigenvalue weighted by Crippen LogP contribution is -2.41. The van der Waals surface area contributed by atoms with Crippen molar-refractivity contribution in [1.29, 1.82) is 0 Å². The Hall–Kier alpha value is -2.71. The first kappa shape index (κ1) is 17.1. The molecule has 0 radical (unpaired) electrons. The molecule has 0 aliphatic carbocycles. The van der Waals surface area contributed by atoms with Crippen LogP contribution in [0.2, 0.25) is 0 Å². The van der Waals surface area contributed by atoms with E-state index in [-0.39, 0.29) is 12.1 Å². The fraction of sp³-hybridized carbons (Fsp3) is 0.438. The van der Waals surface area contributed by atoms with E-state index in [0.29, 0.717) is 26.1 Å². The van der Waals surface area contributed by atoms with E-state index >= 15 is 0 Å². The van der Waals surface area contributed by atoms with Crippen molar-refractivity contribution in [3.63, 3.8) is 0 Å². The Bertz CT molecular complexity index is 742. The Labute approximate surface area is 142 Å². The van der Waals surface area contributed by atoms with Gasteiger partial charge in [0.1, 0.15) is 12.1 Å². The number of benzene rings is 1. The van der Waals surface area contributed by atoms with Gasteiger partial charge in [0.25, 0.3) is 5.91 Å². The van der Waals surface area contributed by atoms with E-state index in [4.69, 9.17) is 4.74 Å². The number of hydrogen-bond acceptors (Lipinski definition) is 4. The standard InChI is InChI=1S/C16H17F2N3O4/c1-16(10-3-4-11(17)12(18)9-10)13(22)21(14(23)19-16)6-2-5-20-7-8-25-15(20)24/h3-4,9H,2,5-8H2,1H3,(H,19,23). The van der Waals surface area contributed by atoms with Gasteiger partial charge in [-0.1, -0.05) is 6.07 Å². The van der Waals surface area contributed by atoms with Crippen LogP contribution in [0.5, 0.6) is 0 Å². The first-order valence-electron chi connectivity index (χ1n) is 7.84. The van der Waals surface area contributed by atoms with E-state index in [0.717, 1.165) is 17.0 Å². The number of nitrogens with zero attached hydrogens (tertiary/aromatic N) is 2. The van der Waals surface area contributed by atoms with Gasteiger partial charge >= 0.3 is 12.1 Å². The van der Waals surface area contributed by atoms with Crippen molar-refractivity contribution in [3.8, 4) is 0 Å². The van der Waals surface area contributed by atoms with Crippen molar-refractivity contribution in [2.45, 2.75) is 18.9 Å². The second-order valence-corrected chi connectivity index (χ2v) is 6.10. The van der Waals surface area contributed by atoms with Crippen LogP contribution >= 0.6 is 0 Å². The SMILES string of the molecule is CC1(c2ccc(F)c(F)c2)NC(=O)N(CCCN2CCOC2=O)C1=O. The zero-order valence-electron chi connectivity index (χ0n) is 13.6. The van der Waals surface area contributed by atoms with Crippen molar-refractivity contribution in [1.82, 2.24) is 15.1 Å². The van der Waals surface area contributed by atoms with Gasteiger partial charge < -0.3 is 15.0 Å². The van der Waals surface area contributed by atoms with E-state index < -0.39 is 35.2 Å². The molecule has 2 heterocycles. The molecule has 2 saturated heterocycles. The van der Waals surface area contributed by atoms with Crippen LogP contribution in [0.4, 0.5) is 18.4 Å². The first-order valence-corrected chi connectivity index (χ1v) is 7.84. The molecule has 2 aliphatic rings. The molecule has 0 aromatic heterocycles. The maximum atomic E-state index is 13.5. The van der Waals surface area contributed by atoms with Gasteiger partial charge in [-0.3, -0.25) is 9.69 Å². The lowest BCUT2D eigenvalue weighted by atomic mass is 9.92. The molecular weight excluding hydrogens is 336 g/mol. The fourth-order valence-electron chi connectivity index (χ4n) is 2.95. The molecule has 1 unspecified atom stereocenters. The maximum absolute atomic E-state index is 13.5. The highest BCUT2D eigenvalue weighted by Crippen LogP contribution is 2.29. The minimum absolute atomic E-state index is 0.105. The predicted molar refractivity (Wildman–Crippen MR) is 81.5 cm³/mol. The van der Waals surface area contributed by atoms with Gasteiger partial charge in [0.15, 0.2) is 11.6 Å². The van der Waals surface area contributed by atoms with Crippen LogP contribution in [-0.4, -0.2) is 54.1 Å². The number of imide groups is 1. The van der Waals surface area contributed by atoms with Crippen LogP contribution in [0.25, 0.3) is 0 Å². The fourth-order valence-corrected chi connectivity index (χ4v) is 2.95. The summed E-state index contributed by atoms with van der Waals surface area (Å²) < 4.78 is 31.4. The number of rotatable bonds is 5. The number of urea groups is 1. The lowest BCUT2D eigenvalue weighted by Gasteiger charge is -2.22. The Morgan fingerprint density at radius 1 is 1.20 bits per heavy atom. The largest absolute Gasteiger partial charge is 0.448 e. The highest BCUT2D eigenvalue weighted by atomic mass is 19.2.